The Morgan fingerprint density at radius 2 is 2.00 bits per heavy atom. The highest BCUT2D eigenvalue weighted by Gasteiger charge is 2.45. The van der Waals surface area contributed by atoms with Crippen molar-refractivity contribution in [1.29, 1.82) is 0 Å². The van der Waals surface area contributed by atoms with Crippen molar-refractivity contribution in [3.63, 3.8) is 0 Å². The van der Waals surface area contributed by atoms with Crippen LogP contribution in [-0.2, 0) is 24.7 Å². The molecule has 6 nitrogen and oxygen atoms in total. The van der Waals surface area contributed by atoms with Crippen LogP contribution in [0.4, 0.5) is 19.0 Å². The summed E-state index contributed by atoms with van der Waals surface area (Å²) in [6.07, 6.45) is 0.644. The van der Waals surface area contributed by atoms with Gasteiger partial charge in [0.1, 0.15) is 10.8 Å². The smallest absolute Gasteiger partial charge is 0.383 e. The number of halogens is 3. The monoisotopic (exact) mass is 420 g/mol. The summed E-state index contributed by atoms with van der Waals surface area (Å²) in [5.41, 5.74) is 6.44. The Kier molecular flexibility index (Phi) is 4.18. The molecule has 0 saturated carbocycles. The molecule has 0 radical (unpaired) electrons. The normalized spacial score (nSPS) is 21.9. The molecule has 1 spiro atoms. The highest BCUT2D eigenvalue weighted by molar-refractivity contribution is 7.09. The first-order valence-electron chi connectivity index (χ1n) is 9.36. The van der Waals surface area contributed by atoms with E-state index in [0.717, 1.165) is 55.8 Å². The average molecular weight is 420 g/mol. The molecular formula is C19H19F3N6S. The van der Waals surface area contributed by atoms with E-state index in [1.54, 1.807) is 11.3 Å². The van der Waals surface area contributed by atoms with E-state index >= 15 is 0 Å². The van der Waals surface area contributed by atoms with E-state index in [9.17, 15) is 13.2 Å². The number of aryl methyl sites for hydroxylation is 1. The van der Waals surface area contributed by atoms with Crippen LogP contribution >= 0.6 is 11.3 Å². The van der Waals surface area contributed by atoms with Gasteiger partial charge in [-0.2, -0.15) is 18.3 Å². The number of anilines is 1. The maximum Gasteiger partial charge on any atom is 0.419 e. The van der Waals surface area contributed by atoms with Gasteiger partial charge < -0.3 is 5.73 Å². The van der Waals surface area contributed by atoms with Crippen LogP contribution in [0.25, 0.3) is 11.3 Å². The zero-order valence-electron chi connectivity index (χ0n) is 15.5. The van der Waals surface area contributed by atoms with Gasteiger partial charge in [-0.1, -0.05) is 0 Å². The highest BCUT2D eigenvalue weighted by Crippen LogP contribution is 2.44. The Morgan fingerprint density at radius 3 is 2.76 bits per heavy atom. The van der Waals surface area contributed by atoms with Crippen LogP contribution in [0.15, 0.2) is 29.9 Å². The fourth-order valence-corrected chi connectivity index (χ4v) is 5.13. The molecule has 2 N–H and O–H groups in total. The van der Waals surface area contributed by atoms with Gasteiger partial charge in [-0.15, -0.1) is 11.3 Å². The fraction of sp³-hybridized carbons (Fsp3) is 0.421. The van der Waals surface area contributed by atoms with Crippen LogP contribution in [0.2, 0.25) is 0 Å². The van der Waals surface area contributed by atoms with E-state index in [1.807, 2.05) is 22.3 Å². The summed E-state index contributed by atoms with van der Waals surface area (Å²) in [6, 6.07) is 2.96. The molecule has 3 aromatic heterocycles. The first-order chi connectivity index (χ1) is 13.8. The van der Waals surface area contributed by atoms with Gasteiger partial charge in [0.15, 0.2) is 0 Å². The molecule has 152 valence electrons. The average Bonchev–Trinajstić information content (AvgIpc) is 3.43. The summed E-state index contributed by atoms with van der Waals surface area (Å²) in [7, 11) is 0. The third-order valence-electron chi connectivity index (χ3n) is 5.92. The minimum Gasteiger partial charge on any atom is -0.383 e. The Bertz CT molecular complexity index is 1040. The summed E-state index contributed by atoms with van der Waals surface area (Å²) >= 11 is 1.65. The third-order valence-corrected chi connectivity index (χ3v) is 6.68. The molecule has 1 atom stereocenters. The standard InChI is InChI=1S/C19H19F3N6S/c20-19(21,22)13-7-12(9-25-17(13)23)14-8-15-18(2-5-28(15)26-14)1-4-27(11-18)10-16-24-3-6-29-16/h3,6-9H,1-2,4-5,10-11H2,(H2,23,25)/t18-/m1/s1. The number of hydrogen-bond donors (Lipinski definition) is 1. The second-order valence-corrected chi connectivity index (χ2v) is 8.69. The molecular weight excluding hydrogens is 401 g/mol. The van der Waals surface area contributed by atoms with Crippen molar-refractivity contribution in [2.24, 2.45) is 0 Å². The van der Waals surface area contributed by atoms with Gasteiger partial charge in [0.25, 0.3) is 0 Å². The molecule has 0 unspecified atom stereocenters. The van der Waals surface area contributed by atoms with Crippen LogP contribution in [0.5, 0.6) is 0 Å². The summed E-state index contributed by atoms with van der Waals surface area (Å²) < 4.78 is 41.5. The molecule has 5 heterocycles. The van der Waals surface area contributed by atoms with Crippen LogP contribution < -0.4 is 5.73 Å². The molecule has 0 bridgehead atoms. The van der Waals surface area contributed by atoms with E-state index in [0.29, 0.717) is 11.3 Å². The fourth-order valence-electron chi connectivity index (χ4n) is 4.47. The summed E-state index contributed by atoms with van der Waals surface area (Å²) in [5.74, 6) is -0.516. The molecule has 10 heteroatoms. The molecule has 1 saturated heterocycles. The maximum absolute atomic E-state index is 13.2. The van der Waals surface area contributed by atoms with Crippen LogP contribution in [0.1, 0.15) is 29.1 Å². The van der Waals surface area contributed by atoms with Crippen molar-refractivity contribution in [3.8, 4) is 11.3 Å². The second-order valence-electron chi connectivity index (χ2n) is 7.71. The first kappa shape index (κ1) is 18.6. The lowest BCUT2D eigenvalue weighted by atomic mass is 9.82. The number of hydrogen-bond acceptors (Lipinski definition) is 6. The van der Waals surface area contributed by atoms with Crippen molar-refractivity contribution in [2.75, 3.05) is 18.8 Å². The molecule has 2 aliphatic heterocycles. The Balaban J connectivity index is 1.43. The Morgan fingerprint density at radius 1 is 1.17 bits per heavy atom. The first-order valence-corrected chi connectivity index (χ1v) is 10.2. The van der Waals surface area contributed by atoms with Gasteiger partial charge >= 0.3 is 6.18 Å². The van der Waals surface area contributed by atoms with E-state index in [-0.39, 0.29) is 5.41 Å². The molecule has 0 amide bonds. The maximum atomic E-state index is 13.2. The molecule has 1 fully saturated rings. The number of aromatic nitrogens is 4. The zero-order valence-corrected chi connectivity index (χ0v) is 16.3. The lowest BCUT2D eigenvalue weighted by molar-refractivity contribution is -0.137. The second kappa shape index (κ2) is 6.53. The van der Waals surface area contributed by atoms with E-state index in [1.165, 1.54) is 6.20 Å². The molecule has 0 aromatic carbocycles. The number of likely N-dealkylation sites (tertiary alicyclic amines) is 1. The van der Waals surface area contributed by atoms with Crippen molar-refractivity contribution in [3.05, 3.63) is 46.2 Å². The summed E-state index contributed by atoms with van der Waals surface area (Å²) in [5, 5.41) is 7.65. The number of nitrogen functional groups attached to an aromatic ring is 1. The molecule has 0 aliphatic carbocycles. The molecule has 2 aliphatic rings. The third kappa shape index (κ3) is 3.20. The number of nitrogens with zero attached hydrogens (tertiary/aromatic N) is 5. The van der Waals surface area contributed by atoms with Gasteiger partial charge in [0.2, 0.25) is 0 Å². The molecule has 5 rings (SSSR count). The quantitative estimate of drug-likeness (QED) is 0.702. The van der Waals surface area contributed by atoms with Gasteiger partial charge in [0.05, 0.1) is 17.8 Å². The van der Waals surface area contributed by atoms with Crippen LogP contribution in [-0.4, -0.2) is 37.7 Å². The summed E-state index contributed by atoms with van der Waals surface area (Å²) in [4.78, 5) is 10.5. The largest absolute Gasteiger partial charge is 0.419 e. The van der Waals surface area contributed by atoms with Gasteiger partial charge in [-0.25, -0.2) is 9.97 Å². The van der Waals surface area contributed by atoms with Gasteiger partial charge in [-0.05, 0) is 31.5 Å². The Hall–Kier alpha value is -2.46. The minimum absolute atomic E-state index is 0.00337. The van der Waals surface area contributed by atoms with Gasteiger partial charge in [0, 0.05) is 47.5 Å². The van der Waals surface area contributed by atoms with Gasteiger partial charge in [-0.3, -0.25) is 9.58 Å². The number of nitrogens with two attached hydrogens (primary N) is 1. The van der Waals surface area contributed by atoms with Crippen LogP contribution in [0, 0.1) is 0 Å². The summed E-state index contributed by atoms with van der Waals surface area (Å²) in [6.45, 7) is 3.49. The van der Waals surface area contributed by atoms with Crippen molar-refractivity contribution in [2.45, 2.75) is 37.5 Å². The van der Waals surface area contributed by atoms with E-state index in [4.69, 9.17) is 5.73 Å². The number of rotatable bonds is 3. The lowest BCUT2D eigenvalue weighted by Gasteiger charge is -2.23. The van der Waals surface area contributed by atoms with Crippen molar-refractivity contribution < 1.29 is 13.2 Å². The number of pyridine rings is 1. The van der Waals surface area contributed by atoms with Crippen molar-refractivity contribution in [1.82, 2.24) is 24.6 Å². The molecule has 29 heavy (non-hydrogen) atoms. The van der Waals surface area contributed by atoms with Crippen molar-refractivity contribution >= 4 is 17.2 Å². The predicted octanol–water partition coefficient (Wildman–Crippen LogP) is 3.55. The predicted molar refractivity (Wildman–Crippen MR) is 103 cm³/mol. The highest BCUT2D eigenvalue weighted by atomic mass is 32.1. The SMILES string of the molecule is Nc1ncc(-c2cc3n(n2)CC[C@@]32CCN(Cc3nccs3)C2)cc1C(F)(F)F. The van der Waals surface area contributed by atoms with E-state index < -0.39 is 17.6 Å². The number of alkyl halides is 3. The van der Waals surface area contributed by atoms with Crippen LogP contribution in [0.3, 0.4) is 0 Å². The van der Waals surface area contributed by atoms with E-state index in [2.05, 4.69) is 20.0 Å². The number of thiazole rings is 1. The minimum atomic E-state index is -4.54. The molecule has 3 aromatic rings. The topological polar surface area (TPSA) is 72.9 Å². The lowest BCUT2D eigenvalue weighted by Crippen LogP contribution is -2.28. The Labute approximate surface area is 169 Å². The zero-order chi connectivity index (χ0) is 20.2. The number of fused-ring (bicyclic) bond motifs is 2.